The van der Waals surface area contributed by atoms with E-state index < -0.39 is 0 Å². The molecule has 0 atom stereocenters. The second kappa shape index (κ2) is 7.62. The average molecular weight is 329 g/mol. The smallest absolute Gasteiger partial charge is 0.224 e. The minimum atomic E-state index is 0.124. The number of hydrogen-bond donors (Lipinski definition) is 2. The Balaban J connectivity index is 1.48. The molecule has 0 radical (unpaired) electrons. The fourth-order valence-electron chi connectivity index (χ4n) is 2.81. The number of nitrogens with zero attached hydrogens (tertiary/aromatic N) is 1. The molecule has 3 rings (SSSR count). The molecule has 0 spiro atoms. The van der Waals surface area contributed by atoms with Gasteiger partial charge in [-0.3, -0.25) is 4.79 Å². The van der Waals surface area contributed by atoms with Crippen molar-refractivity contribution >= 4 is 27.9 Å². The number of carbonyl (C=O) groups excluding carboxylic acids is 1. The van der Waals surface area contributed by atoms with E-state index in [9.17, 15) is 4.79 Å². The lowest BCUT2D eigenvalue weighted by atomic mass is 10.0. The molecule has 122 valence electrons. The minimum absolute atomic E-state index is 0.124. The standard InChI is InChI=1S/C18H23N3OS/c1-21-10-8-16(9-11-21)19-17(22)13-14-4-6-15(7-5-14)20-18-3-2-12-23-18/h2-7,12,16,20H,8-11,13H2,1H3,(H,19,22). The molecule has 0 unspecified atom stereocenters. The van der Waals surface area contributed by atoms with E-state index in [4.69, 9.17) is 0 Å². The van der Waals surface area contributed by atoms with Crippen LogP contribution < -0.4 is 10.6 Å². The SMILES string of the molecule is CN1CCC(NC(=O)Cc2ccc(Nc3cccs3)cc2)CC1. The van der Waals surface area contributed by atoms with Crippen LogP contribution in [0, 0.1) is 0 Å². The topological polar surface area (TPSA) is 44.4 Å². The number of carbonyl (C=O) groups is 1. The fourth-order valence-corrected chi connectivity index (χ4v) is 3.45. The molecule has 2 heterocycles. The Morgan fingerprint density at radius 3 is 2.61 bits per heavy atom. The lowest BCUT2D eigenvalue weighted by Gasteiger charge is -2.29. The molecule has 1 aliphatic heterocycles. The van der Waals surface area contributed by atoms with Gasteiger partial charge in [0.25, 0.3) is 0 Å². The van der Waals surface area contributed by atoms with E-state index in [2.05, 4.69) is 22.6 Å². The van der Waals surface area contributed by atoms with Gasteiger partial charge >= 0.3 is 0 Å². The Bertz CT molecular complexity index is 616. The van der Waals surface area contributed by atoms with Crippen molar-refractivity contribution in [2.45, 2.75) is 25.3 Å². The van der Waals surface area contributed by atoms with Gasteiger partial charge in [0, 0.05) is 11.7 Å². The molecule has 0 saturated carbocycles. The van der Waals surface area contributed by atoms with Crippen LogP contribution >= 0.6 is 11.3 Å². The number of rotatable bonds is 5. The van der Waals surface area contributed by atoms with Crippen LogP contribution in [0.1, 0.15) is 18.4 Å². The van der Waals surface area contributed by atoms with Gasteiger partial charge in [-0.2, -0.15) is 0 Å². The van der Waals surface area contributed by atoms with Crippen LogP contribution in [0.5, 0.6) is 0 Å². The highest BCUT2D eigenvalue weighted by Crippen LogP contribution is 2.21. The van der Waals surface area contributed by atoms with Crippen molar-refractivity contribution < 1.29 is 4.79 Å². The summed E-state index contributed by atoms with van der Waals surface area (Å²) in [6.07, 6.45) is 2.55. The quantitative estimate of drug-likeness (QED) is 0.885. The van der Waals surface area contributed by atoms with E-state index in [0.717, 1.165) is 42.2 Å². The van der Waals surface area contributed by atoms with Gasteiger partial charge in [0.1, 0.15) is 0 Å². The van der Waals surface area contributed by atoms with Crippen LogP contribution in [-0.2, 0) is 11.2 Å². The lowest BCUT2D eigenvalue weighted by Crippen LogP contribution is -2.43. The van der Waals surface area contributed by atoms with Crippen molar-refractivity contribution in [1.29, 1.82) is 0 Å². The van der Waals surface area contributed by atoms with E-state index in [1.165, 1.54) is 0 Å². The summed E-state index contributed by atoms with van der Waals surface area (Å²) < 4.78 is 0. The van der Waals surface area contributed by atoms with Crippen molar-refractivity contribution in [2.75, 3.05) is 25.5 Å². The zero-order valence-electron chi connectivity index (χ0n) is 13.4. The predicted molar refractivity (Wildman–Crippen MR) is 96.4 cm³/mol. The number of likely N-dealkylation sites (tertiary alicyclic amines) is 1. The zero-order valence-corrected chi connectivity index (χ0v) is 14.2. The summed E-state index contributed by atoms with van der Waals surface area (Å²) >= 11 is 1.67. The molecule has 5 heteroatoms. The van der Waals surface area contributed by atoms with Crippen LogP contribution in [0.3, 0.4) is 0 Å². The largest absolute Gasteiger partial charge is 0.353 e. The molecule has 1 amide bonds. The van der Waals surface area contributed by atoms with Crippen molar-refractivity contribution in [2.24, 2.45) is 0 Å². The molecule has 23 heavy (non-hydrogen) atoms. The second-order valence-electron chi connectivity index (χ2n) is 6.12. The van der Waals surface area contributed by atoms with Gasteiger partial charge < -0.3 is 15.5 Å². The van der Waals surface area contributed by atoms with Crippen LogP contribution in [0.4, 0.5) is 10.7 Å². The molecule has 0 aliphatic carbocycles. The third kappa shape index (κ3) is 4.81. The maximum atomic E-state index is 12.2. The van der Waals surface area contributed by atoms with Gasteiger partial charge in [-0.25, -0.2) is 0 Å². The van der Waals surface area contributed by atoms with Gasteiger partial charge in [0.05, 0.1) is 11.4 Å². The second-order valence-corrected chi connectivity index (χ2v) is 7.07. The average Bonchev–Trinajstić information content (AvgIpc) is 3.04. The van der Waals surface area contributed by atoms with Crippen LogP contribution in [0.2, 0.25) is 0 Å². The van der Waals surface area contributed by atoms with Crippen molar-refractivity contribution in [3.63, 3.8) is 0 Å². The molecular formula is C18H23N3OS. The van der Waals surface area contributed by atoms with E-state index in [-0.39, 0.29) is 5.91 Å². The maximum Gasteiger partial charge on any atom is 0.224 e. The molecule has 1 aromatic carbocycles. The number of benzene rings is 1. The monoisotopic (exact) mass is 329 g/mol. The first-order valence-corrected chi connectivity index (χ1v) is 8.94. The number of anilines is 2. The van der Waals surface area contributed by atoms with E-state index in [1.807, 2.05) is 41.8 Å². The first-order chi connectivity index (χ1) is 11.2. The Hall–Kier alpha value is -1.85. The summed E-state index contributed by atoms with van der Waals surface area (Å²) in [6, 6.07) is 12.5. The van der Waals surface area contributed by atoms with Crippen LogP contribution in [-0.4, -0.2) is 37.0 Å². The highest BCUT2D eigenvalue weighted by Gasteiger charge is 2.18. The van der Waals surface area contributed by atoms with Gasteiger partial charge in [-0.05, 0) is 68.2 Å². The summed E-state index contributed by atoms with van der Waals surface area (Å²) in [7, 11) is 2.13. The van der Waals surface area contributed by atoms with Gasteiger partial charge in [-0.15, -0.1) is 11.3 Å². The molecular weight excluding hydrogens is 306 g/mol. The summed E-state index contributed by atoms with van der Waals surface area (Å²) in [5, 5.41) is 9.68. The van der Waals surface area contributed by atoms with Crippen LogP contribution in [0.25, 0.3) is 0 Å². The Labute approximate surface area is 141 Å². The number of nitrogens with one attached hydrogen (secondary N) is 2. The zero-order chi connectivity index (χ0) is 16.1. The fraction of sp³-hybridized carbons (Fsp3) is 0.389. The van der Waals surface area contributed by atoms with Crippen molar-refractivity contribution in [3.8, 4) is 0 Å². The third-order valence-corrected chi connectivity index (χ3v) is 4.98. The third-order valence-electron chi connectivity index (χ3n) is 4.19. The summed E-state index contributed by atoms with van der Waals surface area (Å²) in [6.45, 7) is 2.13. The molecule has 1 aromatic heterocycles. The molecule has 1 aliphatic rings. The molecule has 4 nitrogen and oxygen atoms in total. The first-order valence-electron chi connectivity index (χ1n) is 8.06. The first kappa shape index (κ1) is 16.0. The Kier molecular flexibility index (Phi) is 5.31. The Morgan fingerprint density at radius 2 is 1.96 bits per heavy atom. The van der Waals surface area contributed by atoms with Gasteiger partial charge in [0.15, 0.2) is 0 Å². The normalized spacial score (nSPS) is 16.2. The predicted octanol–water partition coefficient (Wildman–Crippen LogP) is 3.24. The van der Waals surface area contributed by atoms with E-state index in [1.54, 1.807) is 11.3 Å². The van der Waals surface area contributed by atoms with E-state index in [0.29, 0.717) is 12.5 Å². The molecule has 2 aromatic rings. The summed E-state index contributed by atoms with van der Waals surface area (Å²) in [5.41, 5.74) is 2.10. The highest BCUT2D eigenvalue weighted by atomic mass is 32.1. The summed E-state index contributed by atoms with van der Waals surface area (Å²) in [5.74, 6) is 0.124. The minimum Gasteiger partial charge on any atom is -0.353 e. The lowest BCUT2D eigenvalue weighted by molar-refractivity contribution is -0.121. The molecule has 1 saturated heterocycles. The van der Waals surface area contributed by atoms with Gasteiger partial charge in [0.2, 0.25) is 5.91 Å². The Morgan fingerprint density at radius 1 is 1.22 bits per heavy atom. The molecule has 1 fully saturated rings. The number of hydrogen-bond acceptors (Lipinski definition) is 4. The molecule has 0 bridgehead atoms. The maximum absolute atomic E-state index is 12.2. The molecule has 2 N–H and O–H groups in total. The number of piperidine rings is 1. The van der Waals surface area contributed by atoms with Gasteiger partial charge in [-0.1, -0.05) is 12.1 Å². The summed E-state index contributed by atoms with van der Waals surface area (Å²) in [4.78, 5) is 14.5. The van der Waals surface area contributed by atoms with Crippen molar-refractivity contribution in [3.05, 3.63) is 47.3 Å². The number of amides is 1. The van der Waals surface area contributed by atoms with Crippen molar-refractivity contribution in [1.82, 2.24) is 10.2 Å². The highest BCUT2D eigenvalue weighted by molar-refractivity contribution is 7.14. The van der Waals surface area contributed by atoms with E-state index >= 15 is 0 Å². The van der Waals surface area contributed by atoms with Crippen LogP contribution in [0.15, 0.2) is 41.8 Å². The number of thiophene rings is 1.